The normalized spacial score (nSPS) is 15.9. The minimum absolute atomic E-state index is 0.0500. The third kappa shape index (κ3) is 6.38. The van der Waals surface area contributed by atoms with Gasteiger partial charge in [0.05, 0.1) is 11.8 Å². The average molecular weight is 435 g/mol. The van der Waals surface area contributed by atoms with Crippen molar-refractivity contribution in [3.63, 3.8) is 0 Å². The smallest absolute Gasteiger partial charge is 0.230 e. The molecule has 0 aromatic heterocycles. The summed E-state index contributed by atoms with van der Waals surface area (Å²) in [7, 11) is 0. The zero-order valence-corrected chi connectivity index (χ0v) is 18.5. The molecule has 2 aromatic rings. The standard InChI is InChI=1S/C23H28ClFN2OS/c1-16-9-11-27(12-10-16)21-7-4-18(5-8-21)17(2)26-23(28)15-29-14-19-3-6-20(24)13-22(19)25/h3-8,13,16-17H,9-12,14-15H2,1-2H3,(H,26,28). The molecule has 1 heterocycles. The second kappa shape index (κ2) is 10.4. The van der Waals surface area contributed by atoms with E-state index in [4.69, 9.17) is 11.6 Å². The Morgan fingerprint density at radius 1 is 1.24 bits per heavy atom. The van der Waals surface area contributed by atoms with Gasteiger partial charge in [-0.15, -0.1) is 11.8 Å². The maximum Gasteiger partial charge on any atom is 0.230 e. The number of carbonyl (C=O) groups is 1. The number of amides is 1. The Labute approximate surface area is 182 Å². The van der Waals surface area contributed by atoms with E-state index in [1.807, 2.05) is 6.92 Å². The van der Waals surface area contributed by atoms with Gasteiger partial charge >= 0.3 is 0 Å². The van der Waals surface area contributed by atoms with Crippen LogP contribution >= 0.6 is 23.4 Å². The lowest BCUT2D eigenvalue weighted by Gasteiger charge is -2.32. The van der Waals surface area contributed by atoms with E-state index in [0.717, 1.165) is 24.6 Å². The fourth-order valence-electron chi connectivity index (χ4n) is 3.50. The lowest BCUT2D eigenvalue weighted by atomic mass is 9.98. The van der Waals surface area contributed by atoms with Gasteiger partial charge in [-0.25, -0.2) is 4.39 Å². The first-order valence-electron chi connectivity index (χ1n) is 10.1. The van der Waals surface area contributed by atoms with Gasteiger partial charge < -0.3 is 10.2 Å². The second-order valence-corrected chi connectivity index (χ2v) is 9.20. The summed E-state index contributed by atoms with van der Waals surface area (Å²) in [5.74, 6) is 1.16. The van der Waals surface area contributed by atoms with Crippen LogP contribution in [0.3, 0.4) is 0 Å². The molecule has 1 amide bonds. The molecule has 156 valence electrons. The minimum atomic E-state index is -0.331. The number of benzene rings is 2. The predicted molar refractivity (Wildman–Crippen MR) is 121 cm³/mol. The lowest BCUT2D eigenvalue weighted by Crippen LogP contribution is -2.32. The van der Waals surface area contributed by atoms with Gasteiger partial charge in [-0.05, 0) is 61.1 Å². The van der Waals surface area contributed by atoms with E-state index in [-0.39, 0.29) is 23.5 Å². The molecule has 3 rings (SSSR count). The van der Waals surface area contributed by atoms with Crippen molar-refractivity contribution in [2.45, 2.75) is 38.5 Å². The Kier molecular flexibility index (Phi) is 7.84. The maximum atomic E-state index is 13.8. The van der Waals surface area contributed by atoms with Crippen LogP contribution in [0.15, 0.2) is 42.5 Å². The summed E-state index contributed by atoms with van der Waals surface area (Å²) in [5, 5.41) is 3.40. The molecule has 2 aromatic carbocycles. The van der Waals surface area contributed by atoms with Crippen LogP contribution < -0.4 is 10.2 Å². The van der Waals surface area contributed by atoms with E-state index in [1.54, 1.807) is 12.1 Å². The molecule has 1 fully saturated rings. The van der Waals surface area contributed by atoms with Crippen molar-refractivity contribution < 1.29 is 9.18 Å². The van der Waals surface area contributed by atoms with E-state index < -0.39 is 0 Å². The van der Waals surface area contributed by atoms with Gasteiger partial charge in [0.1, 0.15) is 5.82 Å². The summed E-state index contributed by atoms with van der Waals surface area (Å²) in [6.07, 6.45) is 2.48. The van der Waals surface area contributed by atoms with Crippen molar-refractivity contribution >= 4 is 35.0 Å². The Bertz CT molecular complexity index is 822. The molecule has 0 aliphatic carbocycles. The van der Waals surface area contributed by atoms with Crippen LogP contribution in [0.5, 0.6) is 0 Å². The number of halogens is 2. The van der Waals surface area contributed by atoms with E-state index >= 15 is 0 Å². The molecule has 3 nitrogen and oxygen atoms in total. The van der Waals surface area contributed by atoms with Gasteiger partial charge in [-0.2, -0.15) is 0 Å². The lowest BCUT2D eigenvalue weighted by molar-refractivity contribution is -0.119. The number of hydrogen-bond donors (Lipinski definition) is 1. The average Bonchev–Trinajstić information content (AvgIpc) is 2.70. The van der Waals surface area contributed by atoms with Crippen LogP contribution in [0.2, 0.25) is 5.02 Å². The third-order valence-corrected chi connectivity index (χ3v) is 6.64. The number of piperidine rings is 1. The van der Waals surface area contributed by atoms with Gasteiger partial charge in [0.2, 0.25) is 5.91 Å². The number of nitrogens with one attached hydrogen (secondary N) is 1. The maximum absolute atomic E-state index is 13.8. The number of hydrogen-bond acceptors (Lipinski definition) is 3. The highest BCUT2D eigenvalue weighted by atomic mass is 35.5. The van der Waals surface area contributed by atoms with Crippen LogP contribution in [0, 0.1) is 11.7 Å². The Hall–Kier alpha value is -1.72. The molecular formula is C23H28ClFN2OS. The summed E-state index contributed by atoms with van der Waals surface area (Å²) in [6, 6.07) is 13.0. The summed E-state index contributed by atoms with van der Waals surface area (Å²) in [4.78, 5) is 14.7. The number of anilines is 1. The molecule has 1 aliphatic heterocycles. The van der Waals surface area contributed by atoms with Gasteiger partial charge in [-0.3, -0.25) is 4.79 Å². The van der Waals surface area contributed by atoms with Crippen LogP contribution in [-0.4, -0.2) is 24.7 Å². The topological polar surface area (TPSA) is 32.3 Å². The minimum Gasteiger partial charge on any atom is -0.372 e. The number of thioether (sulfide) groups is 1. The molecule has 1 N–H and O–H groups in total. The number of nitrogens with zero attached hydrogens (tertiary/aromatic N) is 1. The molecule has 0 bridgehead atoms. The Morgan fingerprint density at radius 2 is 1.93 bits per heavy atom. The molecular weight excluding hydrogens is 407 g/mol. The highest BCUT2D eigenvalue weighted by molar-refractivity contribution is 7.99. The first kappa shape index (κ1) is 22.0. The van der Waals surface area contributed by atoms with E-state index in [0.29, 0.717) is 16.3 Å². The Balaban J connectivity index is 1.45. The van der Waals surface area contributed by atoms with Crippen LogP contribution in [-0.2, 0) is 10.5 Å². The SMILES string of the molecule is CC1CCN(c2ccc(C(C)NC(=O)CSCc3ccc(Cl)cc3F)cc2)CC1. The molecule has 1 atom stereocenters. The first-order valence-corrected chi connectivity index (χ1v) is 11.6. The van der Waals surface area contributed by atoms with Gasteiger partial charge in [0, 0.05) is 29.6 Å². The molecule has 0 saturated carbocycles. The monoisotopic (exact) mass is 434 g/mol. The van der Waals surface area contributed by atoms with Crippen molar-refractivity contribution in [3.05, 3.63) is 64.4 Å². The number of carbonyl (C=O) groups excluding carboxylic acids is 1. The largest absolute Gasteiger partial charge is 0.372 e. The quantitative estimate of drug-likeness (QED) is 0.595. The molecule has 0 radical (unpaired) electrons. The Morgan fingerprint density at radius 3 is 2.59 bits per heavy atom. The van der Waals surface area contributed by atoms with Crippen LogP contribution in [0.25, 0.3) is 0 Å². The second-order valence-electron chi connectivity index (χ2n) is 7.78. The molecule has 29 heavy (non-hydrogen) atoms. The zero-order chi connectivity index (χ0) is 20.8. The highest BCUT2D eigenvalue weighted by Crippen LogP contribution is 2.25. The molecule has 1 aliphatic rings. The van der Waals surface area contributed by atoms with Crippen molar-refractivity contribution in [1.29, 1.82) is 0 Å². The van der Waals surface area contributed by atoms with E-state index in [1.165, 1.54) is 36.4 Å². The predicted octanol–water partition coefficient (Wildman–Crippen LogP) is 5.83. The van der Waals surface area contributed by atoms with E-state index in [2.05, 4.69) is 41.4 Å². The van der Waals surface area contributed by atoms with Crippen molar-refractivity contribution in [3.8, 4) is 0 Å². The van der Waals surface area contributed by atoms with Crippen molar-refractivity contribution in [1.82, 2.24) is 5.32 Å². The molecule has 1 unspecified atom stereocenters. The summed E-state index contributed by atoms with van der Waals surface area (Å²) in [6.45, 7) is 6.52. The molecule has 0 spiro atoms. The van der Waals surface area contributed by atoms with Crippen LogP contribution in [0.4, 0.5) is 10.1 Å². The third-order valence-electron chi connectivity index (χ3n) is 5.43. The zero-order valence-electron chi connectivity index (χ0n) is 17.0. The van der Waals surface area contributed by atoms with Gasteiger partial charge in [0.25, 0.3) is 0 Å². The number of rotatable bonds is 7. The summed E-state index contributed by atoms with van der Waals surface area (Å²) < 4.78 is 13.8. The first-order chi connectivity index (χ1) is 13.9. The molecule has 6 heteroatoms. The summed E-state index contributed by atoms with van der Waals surface area (Å²) in [5.41, 5.74) is 2.89. The van der Waals surface area contributed by atoms with E-state index in [9.17, 15) is 9.18 Å². The molecule has 1 saturated heterocycles. The fraction of sp³-hybridized carbons (Fsp3) is 0.435. The van der Waals surface area contributed by atoms with Crippen molar-refractivity contribution in [2.24, 2.45) is 5.92 Å². The van der Waals surface area contributed by atoms with Crippen molar-refractivity contribution in [2.75, 3.05) is 23.7 Å². The van der Waals surface area contributed by atoms with Crippen LogP contribution in [0.1, 0.15) is 43.9 Å². The highest BCUT2D eigenvalue weighted by Gasteiger charge is 2.16. The fourth-order valence-corrected chi connectivity index (χ4v) is 4.48. The summed E-state index contributed by atoms with van der Waals surface area (Å²) >= 11 is 7.15. The van der Waals surface area contributed by atoms with Gasteiger partial charge in [-0.1, -0.05) is 36.7 Å². The van der Waals surface area contributed by atoms with Gasteiger partial charge in [0.15, 0.2) is 0 Å².